The lowest BCUT2D eigenvalue weighted by molar-refractivity contribution is -0.0846. The van der Waals surface area contributed by atoms with Gasteiger partial charge in [-0.15, -0.1) is 0 Å². The van der Waals surface area contributed by atoms with Gasteiger partial charge in [-0.25, -0.2) is 14.8 Å². The first-order chi connectivity index (χ1) is 17.1. The number of hydrogen-bond acceptors (Lipinski definition) is 8. The zero-order chi connectivity index (χ0) is 25.4. The molecule has 3 fully saturated rings. The summed E-state index contributed by atoms with van der Waals surface area (Å²) in [5.74, 6) is 0.284. The van der Waals surface area contributed by atoms with Crippen LogP contribution in [-0.2, 0) is 17.9 Å². The van der Waals surface area contributed by atoms with Crippen LogP contribution in [0, 0.1) is 6.92 Å². The van der Waals surface area contributed by atoms with Gasteiger partial charge in [0, 0.05) is 23.4 Å². The molecule has 1 aromatic carbocycles. The summed E-state index contributed by atoms with van der Waals surface area (Å²) >= 11 is 5.91. The van der Waals surface area contributed by atoms with Gasteiger partial charge in [0.2, 0.25) is 6.39 Å². The number of aromatic nitrogens is 5. The van der Waals surface area contributed by atoms with Crippen molar-refractivity contribution in [3.8, 4) is 0 Å². The number of rotatable bonds is 6. The SMILES string of the molecule is Cc1cc([C@@H](C)Nc2ccc(Cl)nc2C(=O)O)c2nc(C34CC(c5ncon5)(C3)C4)n(C)c(=O)c2c1. The molecule has 0 unspecified atom stereocenters. The smallest absolute Gasteiger partial charge is 0.356 e. The minimum Gasteiger partial charge on any atom is -0.476 e. The van der Waals surface area contributed by atoms with E-state index in [1.165, 1.54) is 12.5 Å². The number of benzene rings is 1. The normalized spacial score (nSPS) is 23.1. The zero-order valence-electron chi connectivity index (χ0n) is 19.9. The highest BCUT2D eigenvalue weighted by molar-refractivity contribution is 6.29. The van der Waals surface area contributed by atoms with Crippen LogP contribution >= 0.6 is 11.6 Å². The molecule has 3 heterocycles. The number of carboxylic acid groups (broad SMARTS) is 1. The quantitative estimate of drug-likeness (QED) is 0.373. The molecule has 0 amide bonds. The van der Waals surface area contributed by atoms with Gasteiger partial charge in [0.15, 0.2) is 11.5 Å². The maximum Gasteiger partial charge on any atom is 0.356 e. The highest BCUT2D eigenvalue weighted by Crippen LogP contribution is 2.72. The van der Waals surface area contributed by atoms with Crippen molar-refractivity contribution >= 4 is 34.2 Å². The van der Waals surface area contributed by atoms with Crippen molar-refractivity contribution in [2.45, 2.75) is 50.0 Å². The first kappa shape index (κ1) is 22.7. The molecule has 3 aromatic heterocycles. The van der Waals surface area contributed by atoms with E-state index in [-0.39, 0.29) is 33.3 Å². The van der Waals surface area contributed by atoms with Gasteiger partial charge >= 0.3 is 5.97 Å². The van der Waals surface area contributed by atoms with Crippen LogP contribution < -0.4 is 10.9 Å². The first-order valence-corrected chi connectivity index (χ1v) is 12.0. The number of halogens is 1. The van der Waals surface area contributed by atoms with Crippen molar-refractivity contribution < 1.29 is 14.4 Å². The predicted octanol–water partition coefficient (Wildman–Crippen LogP) is 3.92. The van der Waals surface area contributed by atoms with Gasteiger partial charge in [0.05, 0.1) is 22.6 Å². The van der Waals surface area contributed by atoms with Crippen molar-refractivity contribution in [1.82, 2.24) is 24.7 Å². The summed E-state index contributed by atoms with van der Waals surface area (Å²) in [4.78, 5) is 38.5. The van der Waals surface area contributed by atoms with Gasteiger partial charge in [0.25, 0.3) is 5.56 Å². The van der Waals surface area contributed by atoms with Crippen molar-refractivity contribution in [3.05, 3.63) is 74.6 Å². The molecule has 11 heteroatoms. The second-order valence-corrected chi connectivity index (χ2v) is 10.5. The topological polar surface area (TPSA) is 136 Å². The molecule has 2 bridgehead atoms. The monoisotopic (exact) mass is 506 g/mol. The Kier molecular flexibility index (Phi) is 4.79. The lowest BCUT2D eigenvalue weighted by atomic mass is 9.34. The van der Waals surface area contributed by atoms with Crippen molar-refractivity contribution in [2.24, 2.45) is 7.05 Å². The van der Waals surface area contributed by atoms with E-state index in [0.717, 1.165) is 42.0 Å². The molecule has 3 aliphatic carbocycles. The maximum atomic E-state index is 13.5. The molecule has 2 N–H and O–H groups in total. The van der Waals surface area contributed by atoms with Crippen LogP contribution in [0.15, 0.2) is 40.0 Å². The van der Waals surface area contributed by atoms with Gasteiger partial charge in [-0.2, -0.15) is 4.98 Å². The first-order valence-electron chi connectivity index (χ1n) is 11.6. The van der Waals surface area contributed by atoms with Crippen LogP contribution in [0.5, 0.6) is 0 Å². The van der Waals surface area contributed by atoms with Gasteiger partial charge in [0.1, 0.15) is 11.0 Å². The van der Waals surface area contributed by atoms with Crippen molar-refractivity contribution in [3.63, 3.8) is 0 Å². The molecular weight excluding hydrogens is 484 g/mol. The largest absolute Gasteiger partial charge is 0.476 e. The number of aryl methyl sites for hydroxylation is 1. The van der Waals surface area contributed by atoms with E-state index in [2.05, 4.69) is 20.4 Å². The number of anilines is 1. The maximum absolute atomic E-state index is 13.5. The molecule has 1 atom stereocenters. The number of pyridine rings is 1. The lowest BCUT2D eigenvalue weighted by Gasteiger charge is -2.68. The summed E-state index contributed by atoms with van der Waals surface area (Å²) in [6, 6.07) is 6.58. The van der Waals surface area contributed by atoms with E-state index in [9.17, 15) is 14.7 Å². The van der Waals surface area contributed by atoms with Crippen LogP contribution in [-0.4, -0.2) is 35.8 Å². The van der Waals surface area contributed by atoms with Crippen LogP contribution in [0.25, 0.3) is 10.9 Å². The second kappa shape index (κ2) is 7.60. The fourth-order valence-electron chi connectivity index (χ4n) is 6.05. The minimum absolute atomic E-state index is 0.0959. The number of hydrogen-bond donors (Lipinski definition) is 2. The Labute approximate surface area is 210 Å². The van der Waals surface area contributed by atoms with Crippen LogP contribution in [0.4, 0.5) is 5.69 Å². The third-order valence-electron chi connectivity index (χ3n) is 7.60. The fraction of sp³-hybridized carbons (Fsp3) is 0.360. The number of nitrogens with zero attached hydrogens (tertiary/aromatic N) is 5. The van der Waals surface area contributed by atoms with Crippen LogP contribution in [0.1, 0.15) is 65.5 Å². The van der Waals surface area contributed by atoms with Gasteiger partial charge in [-0.1, -0.05) is 22.8 Å². The second-order valence-electron chi connectivity index (χ2n) is 10.1. The van der Waals surface area contributed by atoms with Gasteiger partial charge in [-0.05, 0) is 56.9 Å². The van der Waals surface area contributed by atoms with Crippen molar-refractivity contribution in [1.29, 1.82) is 0 Å². The average molecular weight is 507 g/mol. The Hall–Kier alpha value is -3.79. The molecule has 0 saturated heterocycles. The summed E-state index contributed by atoms with van der Waals surface area (Å²) in [7, 11) is 1.77. The summed E-state index contributed by atoms with van der Waals surface area (Å²) in [6.07, 6.45) is 3.80. The summed E-state index contributed by atoms with van der Waals surface area (Å²) in [5, 5.41) is 17.5. The fourth-order valence-corrected chi connectivity index (χ4v) is 6.20. The third kappa shape index (κ3) is 3.17. The Morgan fingerprint density at radius 2 is 1.97 bits per heavy atom. The van der Waals surface area contributed by atoms with E-state index in [4.69, 9.17) is 21.1 Å². The molecule has 184 valence electrons. The van der Waals surface area contributed by atoms with Gasteiger partial charge in [-0.3, -0.25) is 9.36 Å². The summed E-state index contributed by atoms with van der Waals surface area (Å²) in [5.41, 5.74) is 2.08. The molecule has 0 radical (unpaired) electrons. The molecule has 36 heavy (non-hydrogen) atoms. The standard InChI is InChI=1S/C25H23ClN6O4/c1-12-6-14(13(2)28-16-4-5-17(26)29-19(16)21(34)35)18-15(7-12)20(33)32(3)23(30-18)25-8-24(9-25,10-25)22-27-11-36-31-22/h4-7,11,13,28H,8-10H2,1-3H3,(H,34,35)/t13-,24?,25?/m1/s1. The van der Waals surface area contributed by atoms with Crippen molar-refractivity contribution in [2.75, 3.05) is 5.32 Å². The number of fused-ring (bicyclic) bond motifs is 1. The number of aromatic carboxylic acids is 1. The Morgan fingerprint density at radius 3 is 2.64 bits per heavy atom. The average Bonchev–Trinajstić information content (AvgIpc) is 3.31. The molecular formula is C25H23ClN6O4. The lowest BCUT2D eigenvalue weighted by Crippen LogP contribution is -2.69. The Morgan fingerprint density at radius 1 is 1.22 bits per heavy atom. The van der Waals surface area contributed by atoms with E-state index in [1.807, 2.05) is 26.0 Å². The molecule has 3 saturated carbocycles. The zero-order valence-corrected chi connectivity index (χ0v) is 20.6. The Bertz CT molecular complexity index is 1590. The predicted molar refractivity (Wildman–Crippen MR) is 131 cm³/mol. The summed E-state index contributed by atoms with van der Waals surface area (Å²) < 4.78 is 6.61. The molecule has 3 aliphatic rings. The van der Waals surface area contributed by atoms with Crippen LogP contribution in [0.3, 0.4) is 0 Å². The number of carbonyl (C=O) groups is 1. The highest BCUT2D eigenvalue weighted by Gasteiger charge is 2.72. The third-order valence-corrected chi connectivity index (χ3v) is 7.81. The molecule has 4 aromatic rings. The van der Waals surface area contributed by atoms with E-state index < -0.39 is 5.97 Å². The van der Waals surface area contributed by atoms with Gasteiger partial charge < -0.3 is 14.9 Å². The molecule has 7 rings (SSSR count). The minimum atomic E-state index is -1.19. The summed E-state index contributed by atoms with van der Waals surface area (Å²) in [6.45, 7) is 3.82. The van der Waals surface area contributed by atoms with E-state index in [1.54, 1.807) is 17.7 Å². The van der Waals surface area contributed by atoms with E-state index >= 15 is 0 Å². The molecule has 0 aliphatic heterocycles. The van der Waals surface area contributed by atoms with Crippen LogP contribution in [0.2, 0.25) is 5.15 Å². The Balaban J connectivity index is 1.41. The molecule has 0 spiro atoms. The highest BCUT2D eigenvalue weighted by atomic mass is 35.5. The number of carboxylic acids is 1. The molecule has 10 nitrogen and oxygen atoms in total. The number of nitrogens with one attached hydrogen (secondary N) is 1. The van der Waals surface area contributed by atoms with E-state index in [0.29, 0.717) is 16.6 Å².